The van der Waals surface area contributed by atoms with E-state index >= 15 is 0 Å². The zero-order valence-electron chi connectivity index (χ0n) is 6.96. The van der Waals surface area contributed by atoms with E-state index in [1.807, 2.05) is 26.0 Å². The van der Waals surface area contributed by atoms with Crippen LogP contribution in [0.5, 0.6) is 5.75 Å². The molecule has 0 spiro atoms. The maximum Gasteiger partial charge on any atom is 0.125 e. The van der Waals surface area contributed by atoms with E-state index in [2.05, 4.69) is 6.92 Å². The predicted molar refractivity (Wildman–Crippen MR) is 46.5 cm³/mol. The summed E-state index contributed by atoms with van der Waals surface area (Å²) in [5.41, 5.74) is 1.06. The predicted octanol–water partition coefficient (Wildman–Crippen LogP) is 2.50. The zero-order chi connectivity index (χ0) is 8.48. The monoisotopic (exact) mass is 149 g/mol. The smallest absolute Gasteiger partial charge is 0.125 e. The van der Waals surface area contributed by atoms with Crippen molar-refractivity contribution in [1.82, 2.24) is 0 Å². The first-order chi connectivity index (χ1) is 5.00. The lowest BCUT2D eigenvalue weighted by Gasteiger charge is -2.10. The molecule has 58 valence electrons. The van der Waals surface area contributed by atoms with Crippen LogP contribution in [0.25, 0.3) is 0 Å². The third-order valence-corrected chi connectivity index (χ3v) is 1.65. The minimum atomic E-state index is -0.0757. The van der Waals surface area contributed by atoms with Crippen LogP contribution in [0.2, 0.25) is 0 Å². The first kappa shape index (κ1) is 7.99. The van der Waals surface area contributed by atoms with Gasteiger partial charge in [-0.25, -0.2) is 0 Å². The van der Waals surface area contributed by atoms with E-state index in [1.165, 1.54) is 0 Å². The highest BCUT2D eigenvalue weighted by molar-refractivity contribution is 5.31. The van der Waals surface area contributed by atoms with Gasteiger partial charge in [0.05, 0.1) is 6.92 Å². The third kappa shape index (κ3) is 1.90. The normalized spacial score (nSPS) is 11.5. The van der Waals surface area contributed by atoms with E-state index in [0.717, 1.165) is 5.56 Å². The van der Waals surface area contributed by atoms with Crippen molar-refractivity contribution in [3.8, 4) is 5.75 Å². The molecule has 1 aromatic rings. The highest BCUT2D eigenvalue weighted by Gasteiger charge is 2.20. The van der Waals surface area contributed by atoms with Crippen LogP contribution >= 0.6 is 0 Å². The maximum atomic E-state index is 9.00. The molecule has 0 fully saturated rings. The van der Waals surface area contributed by atoms with E-state index < -0.39 is 0 Å². The highest BCUT2D eigenvalue weighted by Crippen LogP contribution is 2.22. The van der Waals surface area contributed by atoms with Crippen LogP contribution in [0, 0.1) is 6.92 Å². The number of phenolic OH excluding ortho intramolecular Hbond substituents is 1. The average Bonchev–Trinajstić information content (AvgIpc) is 1.86. The lowest BCUT2D eigenvalue weighted by Crippen LogP contribution is -2.10. The van der Waals surface area contributed by atoms with E-state index in [0.29, 0.717) is 5.75 Å². The summed E-state index contributed by atoms with van der Waals surface area (Å²) in [6.07, 6.45) is 0. The summed E-state index contributed by atoms with van der Waals surface area (Å²) in [5, 5.41) is 9.00. The Morgan fingerprint density at radius 1 is 1.18 bits per heavy atom. The van der Waals surface area contributed by atoms with Crippen molar-refractivity contribution < 1.29 is 5.11 Å². The summed E-state index contributed by atoms with van der Waals surface area (Å²) >= 11 is 0. The number of benzene rings is 1. The summed E-state index contributed by atoms with van der Waals surface area (Å²) in [6.45, 7) is 8.07. The molecule has 0 aliphatic rings. The summed E-state index contributed by atoms with van der Waals surface area (Å²) in [6, 6.07) is 7.15. The van der Waals surface area contributed by atoms with Crippen molar-refractivity contribution >= 4 is 0 Å². The van der Waals surface area contributed by atoms with Crippen molar-refractivity contribution in [3.63, 3.8) is 0 Å². The third-order valence-electron chi connectivity index (χ3n) is 1.65. The second-order valence-corrected chi connectivity index (χ2v) is 3.43. The van der Waals surface area contributed by atoms with Gasteiger partial charge in [0.25, 0.3) is 0 Å². The molecule has 0 aromatic heterocycles. The Morgan fingerprint density at radius 2 is 1.64 bits per heavy atom. The number of phenols is 1. The summed E-state index contributed by atoms with van der Waals surface area (Å²) < 4.78 is 0. The van der Waals surface area contributed by atoms with Gasteiger partial charge in [-0.1, -0.05) is 12.1 Å². The molecule has 0 atom stereocenters. The lowest BCUT2D eigenvalue weighted by atomic mass is 9.87. The van der Waals surface area contributed by atoms with Gasteiger partial charge in [-0.2, -0.15) is 0 Å². The van der Waals surface area contributed by atoms with E-state index in [-0.39, 0.29) is 5.41 Å². The highest BCUT2D eigenvalue weighted by atomic mass is 16.3. The molecule has 0 heterocycles. The van der Waals surface area contributed by atoms with Crippen LogP contribution in [0.15, 0.2) is 24.3 Å². The Labute approximate surface area is 67.7 Å². The lowest BCUT2D eigenvalue weighted by molar-refractivity contribution is 0.474. The number of aromatic hydroxyl groups is 1. The van der Waals surface area contributed by atoms with Gasteiger partial charge in [-0.05, 0) is 26.0 Å². The van der Waals surface area contributed by atoms with Crippen LogP contribution in [0.1, 0.15) is 19.4 Å². The van der Waals surface area contributed by atoms with Crippen molar-refractivity contribution in [2.75, 3.05) is 0 Å². The Hall–Kier alpha value is -1.11. The van der Waals surface area contributed by atoms with Crippen molar-refractivity contribution in [3.05, 3.63) is 36.8 Å². The molecule has 0 radical (unpaired) electrons. The molecule has 0 aliphatic carbocycles. The number of rotatable bonds is 1. The molecular weight excluding hydrogens is 136 g/mol. The SMILES string of the molecule is [CH2+]C(C)(C)c1ccc(O)cc1. The first-order valence-corrected chi connectivity index (χ1v) is 3.65. The fraction of sp³-hybridized carbons (Fsp3) is 0.300. The minimum absolute atomic E-state index is 0.0757. The minimum Gasteiger partial charge on any atom is -0.508 e. The largest absolute Gasteiger partial charge is 0.508 e. The molecule has 1 rings (SSSR count). The van der Waals surface area contributed by atoms with Gasteiger partial charge in [-0.15, -0.1) is 0 Å². The molecule has 0 saturated heterocycles. The van der Waals surface area contributed by atoms with E-state index in [9.17, 15) is 0 Å². The molecule has 0 aliphatic heterocycles. The molecule has 1 aromatic carbocycles. The average molecular weight is 149 g/mol. The van der Waals surface area contributed by atoms with Crippen LogP contribution in [0.3, 0.4) is 0 Å². The molecule has 0 saturated carbocycles. The number of hydrogen-bond donors (Lipinski definition) is 1. The standard InChI is InChI=1S/C10H12O/c1-10(2,3)8-4-6-9(11)7-5-8/h4-7H,1H2,2-3H3/p+1. The van der Waals surface area contributed by atoms with Crippen molar-refractivity contribution in [2.45, 2.75) is 19.3 Å². The molecule has 0 amide bonds. The zero-order valence-corrected chi connectivity index (χ0v) is 6.96. The van der Waals surface area contributed by atoms with Crippen LogP contribution in [0.4, 0.5) is 0 Å². The Kier molecular flexibility index (Phi) is 1.81. The van der Waals surface area contributed by atoms with Crippen molar-refractivity contribution in [2.24, 2.45) is 0 Å². The van der Waals surface area contributed by atoms with Crippen molar-refractivity contribution in [1.29, 1.82) is 0 Å². The summed E-state index contributed by atoms with van der Waals surface area (Å²) in [5.74, 6) is 0.304. The summed E-state index contributed by atoms with van der Waals surface area (Å²) in [4.78, 5) is 0. The molecular formula is C10H13O+. The van der Waals surface area contributed by atoms with Gasteiger partial charge >= 0.3 is 0 Å². The Bertz CT molecular complexity index is 228. The van der Waals surface area contributed by atoms with E-state index in [4.69, 9.17) is 5.11 Å². The van der Waals surface area contributed by atoms with Gasteiger partial charge in [0.1, 0.15) is 11.2 Å². The molecule has 11 heavy (non-hydrogen) atoms. The molecule has 0 unspecified atom stereocenters. The molecule has 1 nitrogen and oxygen atoms in total. The van der Waals surface area contributed by atoms with Gasteiger partial charge < -0.3 is 5.11 Å². The molecule has 1 N–H and O–H groups in total. The van der Waals surface area contributed by atoms with Gasteiger partial charge in [-0.3, -0.25) is 0 Å². The summed E-state index contributed by atoms with van der Waals surface area (Å²) in [7, 11) is 0. The van der Waals surface area contributed by atoms with Crippen LogP contribution in [-0.2, 0) is 5.41 Å². The molecule has 1 heteroatoms. The van der Waals surface area contributed by atoms with Gasteiger partial charge in [0, 0.05) is 5.56 Å². The second kappa shape index (κ2) is 2.50. The quantitative estimate of drug-likeness (QED) is 0.608. The Balaban J connectivity index is 2.99. The maximum absolute atomic E-state index is 9.00. The number of hydrogen-bond acceptors (Lipinski definition) is 1. The fourth-order valence-electron chi connectivity index (χ4n) is 0.913. The fourth-order valence-corrected chi connectivity index (χ4v) is 0.913. The topological polar surface area (TPSA) is 20.2 Å². The first-order valence-electron chi connectivity index (χ1n) is 3.65. The molecule has 0 bridgehead atoms. The van der Waals surface area contributed by atoms with Crippen LogP contribution in [-0.4, -0.2) is 5.11 Å². The van der Waals surface area contributed by atoms with Crippen LogP contribution < -0.4 is 0 Å². The van der Waals surface area contributed by atoms with E-state index in [1.54, 1.807) is 12.1 Å². The van der Waals surface area contributed by atoms with Gasteiger partial charge in [0.15, 0.2) is 0 Å². The Morgan fingerprint density at radius 3 is 2.00 bits per heavy atom. The van der Waals surface area contributed by atoms with Gasteiger partial charge in [0.2, 0.25) is 0 Å². The second-order valence-electron chi connectivity index (χ2n) is 3.43.